The topological polar surface area (TPSA) is 105 Å². The van der Waals surface area contributed by atoms with Crippen LogP contribution in [0.4, 0.5) is 0 Å². The number of epoxide rings is 1. The lowest BCUT2D eigenvalue weighted by atomic mass is 9.87. The first-order valence-corrected chi connectivity index (χ1v) is 10.3. The summed E-state index contributed by atoms with van der Waals surface area (Å²) in [6.45, 7) is 9.10. The average molecular weight is 430 g/mol. The molecular weight excluding hydrogens is 404 g/mol. The van der Waals surface area contributed by atoms with Gasteiger partial charge in [0.15, 0.2) is 0 Å². The van der Waals surface area contributed by atoms with Crippen LogP contribution in [0.1, 0.15) is 61.6 Å². The Labute approximate surface area is 180 Å². The minimum atomic E-state index is -0.794. The number of carbonyl (C=O) groups excluding carboxylic acids is 3. The molecule has 8 nitrogen and oxygen atoms in total. The van der Waals surface area contributed by atoms with E-state index in [4.69, 9.17) is 23.4 Å². The van der Waals surface area contributed by atoms with Crippen LogP contribution >= 0.6 is 0 Å². The van der Waals surface area contributed by atoms with Crippen LogP contribution in [0.2, 0.25) is 0 Å². The van der Waals surface area contributed by atoms with Crippen LogP contribution in [0.25, 0.3) is 0 Å². The van der Waals surface area contributed by atoms with Crippen molar-refractivity contribution in [3.63, 3.8) is 0 Å². The molecule has 4 rings (SSSR count). The highest BCUT2D eigenvalue weighted by atomic mass is 16.6. The molecule has 1 aromatic heterocycles. The Bertz CT molecular complexity index is 986. The normalized spacial score (nSPS) is 31.7. The summed E-state index contributed by atoms with van der Waals surface area (Å²) in [7, 11) is 1.31. The van der Waals surface area contributed by atoms with Gasteiger partial charge in [0.05, 0.1) is 12.7 Å². The third-order valence-corrected chi connectivity index (χ3v) is 6.12. The minimum Gasteiger partial charge on any atom is -0.465 e. The van der Waals surface area contributed by atoms with Gasteiger partial charge in [-0.3, -0.25) is 4.79 Å². The van der Waals surface area contributed by atoms with E-state index < -0.39 is 35.7 Å². The quantitative estimate of drug-likeness (QED) is 0.312. The summed E-state index contributed by atoms with van der Waals surface area (Å²) in [5.41, 5.74) is 0.839. The van der Waals surface area contributed by atoms with Crippen molar-refractivity contribution in [2.24, 2.45) is 5.92 Å². The third kappa shape index (κ3) is 4.04. The van der Waals surface area contributed by atoms with E-state index in [0.29, 0.717) is 41.9 Å². The summed E-state index contributed by atoms with van der Waals surface area (Å²) in [6, 6.07) is 1.66. The van der Waals surface area contributed by atoms with E-state index in [-0.39, 0.29) is 12.0 Å². The molecule has 1 saturated heterocycles. The van der Waals surface area contributed by atoms with E-state index in [1.807, 2.05) is 13.8 Å². The molecule has 1 aromatic rings. The Morgan fingerprint density at radius 2 is 2.03 bits per heavy atom. The molecular formula is C23H26O8. The lowest BCUT2D eigenvalue weighted by Gasteiger charge is -2.23. The fraction of sp³-hybridized carbons (Fsp3) is 0.522. The minimum absolute atomic E-state index is 0.230. The Morgan fingerprint density at radius 3 is 2.68 bits per heavy atom. The highest BCUT2D eigenvalue weighted by molar-refractivity contribution is 5.92. The van der Waals surface area contributed by atoms with Gasteiger partial charge in [-0.25, -0.2) is 9.59 Å². The molecule has 0 aliphatic carbocycles. The van der Waals surface area contributed by atoms with Crippen molar-refractivity contribution in [1.29, 1.82) is 0 Å². The van der Waals surface area contributed by atoms with Crippen molar-refractivity contribution in [2.75, 3.05) is 7.11 Å². The van der Waals surface area contributed by atoms with E-state index in [1.165, 1.54) is 14.0 Å². The molecule has 8 heteroatoms. The SMILES string of the molecule is C=C(C)[C@H]1Cc2oc(cc2C(=O)OC)[C@H]2O[C@]2(C)C[C@H]2C=C(C(=O)O2)[C@H](OC(C)=O)C1. The molecule has 0 spiro atoms. The van der Waals surface area contributed by atoms with Crippen LogP contribution in [-0.2, 0) is 35.0 Å². The third-order valence-electron chi connectivity index (χ3n) is 6.12. The number of allylic oxidation sites excluding steroid dienone is 1. The van der Waals surface area contributed by atoms with Gasteiger partial charge in [0.1, 0.15) is 41.0 Å². The monoisotopic (exact) mass is 430 g/mol. The van der Waals surface area contributed by atoms with Crippen molar-refractivity contribution >= 4 is 17.9 Å². The molecule has 31 heavy (non-hydrogen) atoms. The molecule has 3 aliphatic rings. The van der Waals surface area contributed by atoms with Crippen molar-refractivity contribution in [3.8, 4) is 0 Å². The fourth-order valence-electron chi connectivity index (χ4n) is 4.39. The molecule has 1 fully saturated rings. The second-order valence-electron chi connectivity index (χ2n) is 8.64. The number of methoxy groups -OCH3 is 1. The second-order valence-corrected chi connectivity index (χ2v) is 8.64. The van der Waals surface area contributed by atoms with Gasteiger partial charge in [0.25, 0.3) is 0 Å². The van der Waals surface area contributed by atoms with Crippen LogP contribution < -0.4 is 0 Å². The molecule has 166 valence electrons. The van der Waals surface area contributed by atoms with Gasteiger partial charge in [-0.15, -0.1) is 0 Å². The van der Waals surface area contributed by atoms with E-state index in [2.05, 4.69) is 6.58 Å². The van der Waals surface area contributed by atoms with E-state index in [0.717, 1.165) is 5.57 Å². The zero-order valence-electron chi connectivity index (χ0n) is 18.1. The molecule has 0 unspecified atom stereocenters. The fourth-order valence-corrected chi connectivity index (χ4v) is 4.39. The Morgan fingerprint density at radius 1 is 1.29 bits per heavy atom. The standard InChI is InChI=1S/C23H26O8/c1-11(2)13-6-17(28-12(3)24)15-8-14(29-22(15)26)10-23(4)20(31-23)19-9-16(21(25)27-5)18(7-13)30-19/h8-9,13-14,17,20H,1,6-7,10H2,2-5H3/t13-,14-,17-,20-,23-/m1/s1. The predicted molar refractivity (Wildman–Crippen MR) is 107 cm³/mol. The largest absolute Gasteiger partial charge is 0.465 e. The zero-order valence-corrected chi connectivity index (χ0v) is 18.1. The van der Waals surface area contributed by atoms with Crippen molar-refractivity contribution in [2.45, 2.75) is 63.9 Å². The van der Waals surface area contributed by atoms with E-state index in [1.54, 1.807) is 12.1 Å². The predicted octanol–water partition coefficient (Wildman–Crippen LogP) is 3.21. The Balaban J connectivity index is 1.78. The van der Waals surface area contributed by atoms with Gasteiger partial charge in [0.2, 0.25) is 0 Å². The summed E-state index contributed by atoms with van der Waals surface area (Å²) in [6.07, 6.45) is 1.09. The number of carbonyl (C=O) groups is 3. The van der Waals surface area contributed by atoms with E-state index in [9.17, 15) is 14.4 Å². The molecule has 0 saturated carbocycles. The molecule has 0 amide bonds. The molecule has 5 atom stereocenters. The average Bonchev–Trinajstić information content (AvgIpc) is 3.00. The second kappa shape index (κ2) is 7.67. The van der Waals surface area contributed by atoms with Gasteiger partial charge in [-0.2, -0.15) is 0 Å². The molecule has 4 heterocycles. The summed E-state index contributed by atoms with van der Waals surface area (Å²) in [5.74, 6) is -0.745. The molecule has 4 bridgehead atoms. The maximum absolute atomic E-state index is 12.6. The van der Waals surface area contributed by atoms with Gasteiger partial charge in [0, 0.05) is 19.8 Å². The summed E-state index contributed by atoms with van der Waals surface area (Å²) in [5, 5.41) is 0. The summed E-state index contributed by atoms with van der Waals surface area (Å²) < 4.78 is 27.9. The molecule has 0 radical (unpaired) electrons. The van der Waals surface area contributed by atoms with Crippen LogP contribution in [0.15, 0.2) is 34.3 Å². The summed E-state index contributed by atoms with van der Waals surface area (Å²) in [4.78, 5) is 36.7. The highest BCUT2D eigenvalue weighted by Crippen LogP contribution is 2.54. The first-order valence-electron chi connectivity index (χ1n) is 10.3. The lowest BCUT2D eigenvalue weighted by molar-refractivity contribution is -0.147. The van der Waals surface area contributed by atoms with Crippen molar-refractivity contribution < 1.29 is 37.7 Å². The molecule has 0 aromatic carbocycles. The first-order chi connectivity index (χ1) is 14.6. The smallest absolute Gasteiger partial charge is 0.341 e. The zero-order chi connectivity index (χ0) is 22.5. The van der Waals surface area contributed by atoms with Crippen LogP contribution in [-0.4, -0.2) is 42.8 Å². The van der Waals surface area contributed by atoms with Gasteiger partial charge in [-0.1, -0.05) is 12.2 Å². The van der Waals surface area contributed by atoms with Crippen molar-refractivity contribution in [3.05, 3.63) is 47.0 Å². The number of hydrogen-bond acceptors (Lipinski definition) is 8. The van der Waals surface area contributed by atoms with Crippen LogP contribution in [0.3, 0.4) is 0 Å². The number of rotatable bonds is 3. The van der Waals surface area contributed by atoms with Gasteiger partial charge >= 0.3 is 17.9 Å². The van der Waals surface area contributed by atoms with Gasteiger partial charge in [-0.05, 0) is 38.3 Å². The molecule has 0 N–H and O–H groups in total. The number of ether oxygens (including phenoxy) is 4. The number of esters is 3. The van der Waals surface area contributed by atoms with E-state index >= 15 is 0 Å². The number of furan rings is 1. The first kappa shape index (κ1) is 21.4. The maximum Gasteiger partial charge on any atom is 0.341 e. The van der Waals surface area contributed by atoms with Crippen LogP contribution in [0.5, 0.6) is 0 Å². The number of fused-ring (bicyclic) bond motifs is 5. The Hall–Kier alpha value is -2.87. The van der Waals surface area contributed by atoms with Crippen molar-refractivity contribution in [1.82, 2.24) is 0 Å². The van der Waals surface area contributed by atoms with Crippen LogP contribution in [0, 0.1) is 5.92 Å². The highest BCUT2D eigenvalue weighted by Gasteiger charge is 2.57. The lowest BCUT2D eigenvalue weighted by Crippen LogP contribution is -2.27. The molecule has 3 aliphatic heterocycles. The summed E-state index contributed by atoms with van der Waals surface area (Å²) >= 11 is 0. The van der Waals surface area contributed by atoms with Gasteiger partial charge < -0.3 is 23.4 Å². The number of hydrogen-bond donors (Lipinski definition) is 0. The Kier molecular flexibility index (Phi) is 5.29. The maximum atomic E-state index is 12.6.